The Hall–Kier alpha value is -3.48. The molecule has 0 aliphatic rings. The number of rotatable bonds is 4. The van der Waals surface area contributed by atoms with Crippen LogP contribution in [0.1, 0.15) is 16.1 Å². The minimum atomic E-state index is -0.192. The third-order valence-corrected chi connectivity index (χ3v) is 6.14. The number of pyridine rings is 2. The minimum absolute atomic E-state index is 0.146. The molecule has 0 aliphatic heterocycles. The summed E-state index contributed by atoms with van der Waals surface area (Å²) < 4.78 is 9.34. The van der Waals surface area contributed by atoms with Gasteiger partial charge in [0.05, 0.1) is 28.1 Å². The summed E-state index contributed by atoms with van der Waals surface area (Å²) in [4.78, 5) is 27.0. The maximum atomic E-state index is 13.7. The maximum absolute atomic E-state index is 13.7. The van der Waals surface area contributed by atoms with Gasteiger partial charge in [-0.05, 0) is 46.7 Å². The highest BCUT2D eigenvalue weighted by Gasteiger charge is 2.21. The number of nitrogens with zero attached hydrogens (tertiary/aromatic N) is 2. The molecule has 1 aromatic carbocycles. The number of methoxy groups -OCH3 is 1. The number of carbonyl (C=O) groups excluding carboxylic acids is 1. The molecule has 0 bridgehead atoms. The van der Waals surface area contributed by atoms with E-state index in [2.05, 4.69) is 0 Å². The molecule has 5 aromatic rings. The van der Waals surface area contributed by atoms with Crippen molar-refractivity contribution < 1.29 is 9.53 Å². The Morgan fingerprint density at radius 2 is 1.87 bits per heavy atom. The van der Waals surface area contributed by atoms with Crippen molar-refractivity contribution in [2.75, 3.05) is 7.11 Å². The topological polar surface area (TPSA) is 52.7 Å². The lowest BCUT2D eigenvalue weighted by Gasteiger charge is -2.14. The van der Waals surface area contributed by atoms with Crippen LogP contribution in [0, 0.1) is 0 Å². The molecule has 0 unspecified atom stereocenters. The van der Waals surface area contributed by atoms with Crippen LogP contribution in [0.25, 0.3) is 26.7 Å². The van der Waals surface area contributed by atoms with Crippen LogP contribution in [0.3, 0.4) is 0 Å². The van der Waals surface area contributed by atoms with Crippen LogP contribution >= 0.6 is 11.3 Å². The first-order valence-corrected chi connectivity index (χ1v) is 10.4. The summed E-state index contributed by atoms with van der Waals surface area (Å²) in [5, 5.41) is 2.98. The van der Waals surface area contributed by atoms with Gasteiger partial charge < -0.3 is 4.74 Å². The predicted molar refractivity (Wildman–Crippen MR) is 119 cm³/mol. The van der Waals surface area contributed by atoms with Crippen LogP contribution in [-0.4, -0.2) is 22.0 Å². The summed E-state index contributed by atoms with van der Waals surface area (Å²) >= 11 is 1.52. The maximum Gasteiger partial charge on any atom is 0.264 e. The van der Waals surface area contributed by atoms with E-state index in [4.69, 9.17) is 4.74 Å². The number of hydrogen-bond acceptors (Lipinski definition) is 4. The van der Waals surface area contributed by atoms with Gasteiger partial charge in [0.15, 0.2) is 0 Å². The van der Waals surface area contributed by atoms with Gasteiger partial charge in [0, 0.05) is 25.1 Å². The average molecular weight is 414 g/mol. The van der Waals surface area contributed by atoms with E-state index in [-0.39, 0.29) is 11.5 Å². The molecule has 4 aromatic heterocycles. The first-order chi connectivity index (χ1) is 14.7. The first-order valence-electron chi connectivity index (χ1n) is 9.50. The van der Waals surface area contributed by atoms with E-state index in [0.717, 1.165) is 21.3 Å². The number of aromatic nitrogens is 2. The second-order valence-corrected chi connectivity index (χ2v) is 7.91. The van der Waals surface area contributed by atoms with Crippen LogP contribution in [-0.2, 0) is 11.3 Å². The highest BCUT2D eigenvalue weighted by Crippen LogP contribution is 2.30. The largest absolute Gasteiger partial charge is 0.378 e. The summed E-state index contributed by atoms with van der Waals surface area (Å²) in [5.74, 6) is -0.192. The Balaban J connectivity index is 1.86. The quantitative estimate of drug-likeness (QED) is 0.424. The third-order valence-electron chi connectivity index (χ3n) is 5.21. The zero-order chi connectivity index (χ0) is 20.7. The molecule has 148 valence electrons. The van der Waals surface area contributed by atoms with Crippen molar-refractivity contribution >= 4 is 32.8 Å². The molecule has 0 saturated carbocycles. The Bertz CT molecular complexity index is 1440. The smallest absolute Gasteiger partial charge is 0.264 e. The normalized spacial score (nSPS) is 11.4. The van der Waals surface area contributed by atoms with Crippen LogP contribution in [0.5, 0.6) is 0 Å². The number of carbonyl (C=O) groups is 1. The molecule has 0 N–H and O–H groups in total. The number of hydrogen-bond donors (Lipinski definition) is 0. The van der Waals surface area contributed by atoms with E-state index in [0.29, 0.717) is 23.3 Å². The number of ether oxygens (including phenoxy) is 1. The van der Waals surface area contributed by atoms with E-state index >= 15 is 0 Å². The molecule has 5 rings (SSSR count). The average Bonchev–Trinajstić information content (AvgIpc) is 3.44. The van der Waals surface area contributed by atoms with Crippen molar-refractivity contribution in [2.24, 2.45) is 0 Å². The van der Waals surface area contributed by atoms with E-state index in [1.165, 1.54) is 11.3 Å². The molecule has 0 atom stereocenters. The fourth-order valence-corrected chi connectivity index (χ4v) is 4.75. The van der Waals surface area contributed by atoms with Gasteiger partial charge in [-0.2, -0.15) is 0 Å². The van der Waals surface area contributed by atoms with Crippen LogP contribution in [0.4, 0.5) is 0 Å². The molecule has 6 heteroatoms. The SMILES string of the molecule is COCc1cccn1C(=O)c1cc(-c2ccccc2)c(=O)n2ccc3ccsc3c12. The van der Waals surface area contributed by atoms with Gasteiger partial charge >= 0.3 is 0 Å². The van der Waals surface area contributed by atoms with Gasteiger partial charge in [-0.1, -0.05) is 30.3 Å². The van der Waals surface area contributed by atoms with Crippen molar-refractivity contribution in [2.45, 2.75) is 6.61 Å². The van der Waals surface area contributed by atoms with Crippen molar-refractivity contribution in [3.63, 3.8) is 0 Å². The number of thiophene rings is 1. The first kappa shape index (κ1) is 18.5. The molecule has 4 heterocycles. The van der Waals surface area contributed by atoms with E-state index in [9.17, 15) is 9.59 Å². The molecular weight excluding hydrogens is 396 g/mol. The van der Waals surface area contributed by atoms with E-state index in [1.54, 1.807) is 34.5 Å². The predicted octanol–water partition coefficient (Wildman–Crippen LogP) is 4.82. The zero-order valence-corrected chi connectivity index (χ0v) is 17.1. The van der Waals surface area contributed by atoms with E-state index in [1.807, 2.05) is 60.0 Å². The monoisotopic (exact) mass is 414 g/mol. The van der Waals surface area contributed by atoms with Gasteiger partial charge in [-0.15, -0.1) is 11.3 Å². The van der Waals surface area contributed by atoms with Gasteiger partial charge in [0.2, 0.25) is 0 Å². The standard InChI is InChI=1S/C24H18N2O3S/c1-29-15-18-8-5-11-25(18)24(28)20-14-19(16-6-3-2-4-7-16)23(27)26-12-9-17-10-13-30-22(17)21(20)26/h2-14H,15H2,1H3. The van der Waals surface area contributed by atoms with Crippen LogP contribution in [0.2, 0.25) is 0 Å². The molecule has 30 heavy (non-hydrogen) atoms. The molecular formula is C24H18N2O3S. The summed E-state index contributed by atoms with van der Waals surface area (Å²) in [7, 11) is 1.60. The number of fused-ring (bicyclic) bond motifs is 3. The van der Waals surface area contributed by atoms with E-state index < -0.39 is 0 Å². The zero-order valence-electron chi connectivity index (χ0n) is 16.2. The molecule has 0 saturated heterocycles. The summed E-state index contributed by atoms with van der Waals surface area (Å²) in [6.07, 6.45) is 3.48. The molecule has 0 amide bonds. The van der Waals surface area contributed by atoms with Crippen molar-refractivity contribution in [1.29, 1.82) is 0 Å². The molecule has 0 fully saturated rings. The van der Waals surface area contributed by atoms with Crippen molar-refractivity contribution in [1.82, 2.24) is 8.97 Å². The second-order valence-electron chi connectivity index (χ2n) is 6.99. The molecule has 0 spiro atoms. The number of benzene rings is 1. The second kappa shape index (κ2) is 7.40. The lowest BCUT2D eigenvalue weighted by atomic mass is 10.0. The summed E-state index contributed by atoms with van der Waals surface area (Å²) in [6.45, 7) is 0.323. The van der Waals surface area contributed by atoms with Gasteiger partial charge in [0.1, 0.15) is 0 Å². The van der Waals surface area contributed by atoms with Gasteiger partial charge in [0.25, 0.3) is 11.5 Å². The molecule has 0 aliphatic carbocycles. The lowest BCUT2D eigenvalue weighted by Crippen LogP contribution is -2.22. The fourth-order valence-electron chi connectivity index (χ4n) is 3.80. The van der Waals surface area contributed by atoms with Crippen LogP contribution < -0.4 is 5.56 Å². The summed E-state index contributed by atoms with van der Waals surface area (Å²) in [5.41, 5.74) is 3.00. The Morgan fingerprint density at radius 1 is 1.03 bits per heavy atom. The molecule has 5 nitrogen and oxygen atoms in total. The molecule has 0 radical (unpaired) electrons. The Morgan fingerprint density at radius 3 is 2.67 bits per heavy atom. The van der Waals surface area contributed by atoms with Gasteiger partial charge in [-0.3, -0.25) is 18.6 Å². The third kappa shape index (κ3) is 2.89. The lowest BCUT2D eigenvalue weighted by molar-refractivity contribution is 0.0946. The minimum Gasteiger partial charge on any atom is -0.378 e. The highest BCUT2D eigenvalue weighted by atomic mass is 32.1. The van der Waals surface area contributed by atoms with Crippen molar-refractivity contribution in [3.05, 3.63) is 100 Å². The van der Waals surface area contributed by atoms with Crippen LogP contribution in [0.15, 0.2) is 83.2 Å². The highest BCUT2D eigenvalue weighted by molar-refractivity contribution is 7.18. The summed E-state index contributed by atoms with van der Waals surface area (Å²) in [6, 6.07) is 18.8. The fraction of sp³-hybridized carbons (Fsp3) is 0.0833. The van der Waals surface area contributed by atoms with Gasteiger partial charge in [-0.25, -0.2) is 0 Å². The van der Waals surface area contributed by atoms with Crippen molar-refractivity contribution in [3.8, 4) is 11.1 Å². The Labute approximate surface area is 176 Å². The Kier molecular flexibility index (Phi) is 4.58.